The molecule has 1 heterocycles. The zero-order valence-corrected chi connectivity index (χ0v) is 19.0. The number of para-hydroxylation sites is 1. The number of amides is 2. The van der Waals surface area contributed by atoms with E-state index < -0.39 is 11.8 Å². The minimum Gasteiger partial charge on any atom is -0.488 e. The average Bonchev–Trinajstić information content (AvgIpc) is 3.06. The summed E-state index contributed by atoms with van der Waals surface area (Å²) in [6, 6.07) is 23.7. The van der Waals surface area contributed by atoms with Crippen LogP contribution in [0, 0.1) is 0 Å². The van der Waals surface area contributed by atoms with Crippen molar-refractivity contribution in [2.45, 2.75) is 6.61 Å². The number of thioether (sulfide) groups is 1. The quantitative estimate of drug-likeness (QED) is 0.374. The van der Waals surface area contributed by atoms with E-state index in [1.807, 2.05) is 54.6 Å². The van der Waals surface area contributed by atoms with Gasteiger partial charge >= 0.3 is 0 Å². The van der Waals surface area contributed by atoms with Crippen molar-refractivity contribution in [2.24, 2.45) is 0 Å². The Morgan fingerprint density at radius 3 is 2.59 bits per heavy atom. The average molecular weight is 481 g/mol. The lowest BCUT2D eigenvalue weighted by Crippen LogP contribution is -2.44. The van der Waals surface area contributed by atoms with Gasteiger partial charge in [-0.1, -0.05) is 78.0 Å². The third-order valence-electron chi connectivity index (χ3n) is 4.54. The third-order valence-corrected chi connectivity index (χ3v) is 6.07. The number of nitrogens with zero attached hydrogens (tertiary/aromatic N) is 1. The summed E-state index contributed by atoms with van der Waals surface area (Å²) < 4.78 is 6.20. The van der Waals surface area contributed by atoms with Gasteiger partial charge < -0.3 is 4.74 Å². The minimum atomic E-state index is -0.475. The molecule has 1 saturated heterocycles. The van der Waals surface area contributed by atoms with Crippen molar-refractivity contribution in [3.63, 3.8) is 0 Å². The van der Waals surface area contributed by atoms with Crippen LogP contribution in [0.4, 0.5) is 0 Å². The largest absolute Gasteiger partial charge is 0.488 e. The standard InChI is InChI=1S/C24H17ClN2O3S2/c25-19-11-6-10-18(13-19)22(28)26-27-23(29)21(32-24(27)31)14-17-9-4-5-12-20(17)30-15-16-7-2-1-3-8-16/h1-14H,15H2,(H,26,28)/b21-14-. The first kappa shape index (κ1) is 22.1. The highest BCUT2D eigenvalue weighted by atomic mass is 35.5. The summed E-state index contributed by atoms with van der Waals surface area (Å²) in [5.41, 5.74) is 4.66. The summed E-state index contributed by atoms with van der Waals surface area (Å²) >= 11 is 12.4. The molecule has 160 valence electrons. The normalized spacial score (nSPS) is 14.7. The Morgan fingerprint density at radius 2 is 1.81 bits per heavy atom. The van der Waals surface area contributed by atoms with Gasteiger partial charge in [-0.05, 0) is 48.1 Å². The smallest absolute Gasteiger partial charge is 0.285 e. The van der Waals surface area contributed by atoms with Gasteiger partial charge in [0.2, 0.25) is 0 Å². The van der Waals surface area contributed by atoms with Gasteiger partial charge in [0.25, 0.3) is 11.8 Å². The van der Waals surface area contributed by atoms with Crippen molar-refractivity contribution in [2.75, 3.05) is 0 Å². The van der Waals surface area contributed by atoms with Gasteiger partial charge in [0.1, 0.15) is 12.4 Å². The highest BCUT2D eigenvalue weighted by Gasteiger charge is 2.34. The van der Waals surface area contributed by atoms with Gasteiger partial charge in [-0.2, -0.15) is 5.01 Å². The molecule has 0 atom stereocenters. The monoisotopic (exact) mass is 480 g/mol. The molecule has 0 unspecified atom stereocenters. The van der Waals surface area contributed by atoms with Gasteiger partial charge in [0.15, 0.2) is 4.32 Å². The molecule has 32 heavy (non-hydrogen) atoms. The third kappa shape index (κ3) is 5.19. The highest BCUT2D eigenvalue weighted by Crippen LogP contribution is 2.33. The number of hydrazine groups is 1. The van der Waals surface area contributed by atoms with Crippen molar-refractivity contribution < 1.29 is 14.3 Å². The van der Waals surface area contributed by atoms with E-state index in [0.717, 1.165) is 27.9 Å². The Hall–Kier alpha value is -3.13. The molecular formula is C24H17ClN2O3S2. The van der Waals surface area contributed by atoms with E-state index in [2.05, 4.69) is 5.43 Å². The van der Waals surface area contributed by atoms with Gasteiger partial charge in [-0.15, -0.1) is 0 Å². The predicted molar refractivity (Wildman–Crippen MR) is 131 cm³/mol. The number of rotatable bonds is 6. The molecular weight excluding hydrogens is 464 g/mol. The molecule has 4 rings (SSSR count). The number of carbonyl (C=O) groups is 2. The summed E-state index contributed by atoms with van der Waals surface area (Å²) in [4.78, 5) is 25.8. The Kier molecular flexibility index (Phi) is 6.90. The van der Waals surface area contributed by atoms with E-state index in [1.165, 1.54) is 6.07 Å². The molecule has 0 spiro atoms. The summed E-state index contributed by atoms with van der Waals surface area (Å²) in [5, 5.41) is 1.50. The van der Waals surface area contributed by atoms with Crippen molar-refractivity contribution >= 4 is 57.8 Å². The van der Waals surface area contributed by atoms with E-state index in [4.69, 9.17) is 28.6 Å². The molecule has 1 aliphatic rings. The van der Waals surface area contributed by atoms with E-state index in [0.29, 0.717) is 27.8 Å². The number of thiocarbonyl (C=S) groups is 1. The minimum absolute atomic E-state index is 0.235. The molecule has 3 aromatic carbocycles. The molecule has 1 N–H and O–H groups in total. The first-order chi connectivity index (χ1) is 15.5. The van der Waals surface area contributed by atoms with E-state index in [9.17, 15) is 9.59 Å². The molecule has 1 fully saturated rings. The zero-order chi connectivity index (χ0) is 22.5. The van der Waals surface area contributed by atoms with Crippen LogP contribution in [0.5, 0.6) is 5.75 Å². The van der Waals surface area contributed by atoms with Crippen LogP contribution in [0.15, 0.2) is 83.8 Å². The molecule has 0 saturated carbocycles. The van der Waals surface area contributed by atoms with Crippen molar-refractivity contribution in [1.82, 2.24) is 10.4 Å². The van der Waals surface area contributed by atoms with E-state index in [1.54, 1.807) is 24.3 Å². The van der Waals surface area contributed by atoms with Gasteiger partial charge in [-0.25, -0.2) is 0 Å². The van der Waals surface area contributed by atoms with Gasteiger partial charge in [0, 0.05) is 16.1 Å². The summed E-state index contributed by atoms with van der Waals surface area (Å²) in [6.45, 7) is 0.405. The number of hydrogen-bond donors (Lipinski definition) is 1. The van der Waals surface area contributed by atoms with Crippen LogP contribution in [0.2, 0.25) is 5.02 Å². The SMILES string of the molecule is O=C(NN1C(=O)/C(=C/c2ccccc2OCc2ccccc2)SC1=S)c1cccc(Cl)c1. The van der Waals surface area contributed by atoms with Gasteiger partial charge in [0.05, 0.1) is 4.91 Å². The maximum absolute atomic E-state index is 12.9. The fourth-order valence-corrected chi connectivity index (χ4v) is 4.33. The zero-order valence-electron chi connectivity index (χ0n) is 16.7. The Labute approximate surface area is 200 Å². The van der Waals surface area contributed by atoms with E-state index in [-0.39, 0.29) is 4.32 Å². The first-order valence-corrected chi connectivity index (χ1v) is 11.2. The molecule has 0 aromatic heterocycles. The second-order valence-corrected chi connectivity index (χ2v) is 8.89. The number of halogens is 1. The summed E-state index contributed by atoms with van der Waals surface area (Å²) in [7, 11) is 0. The Bertz CT molecular complexity index is 1210. The fourth-order valence-electron chi connectivity index (χ4n) is 2.97. The maximum Gasteiger partial charge on any atom is 0.285 e. The van der Waals surface area contributed by atoms with Crippen LogP contribution in [0.1, 0.15) is 21.5 Å². The number of hydrogen-bond acceptors (Lipinski definition) is 5. The van der Waals surface area contributed by atoms with Gasteiger partial charge in [-0.3, -0.25) is 15.0 Å². The molecule has 3 aromatic rings. The predicted octanol–water partition coefficient (Wildman–Crippen LogP) is 5.47. The topological polar surface area (TPSA) is 58.6 Å². The van der Waals surface area contributed by atoms with Crippen LogP contribution in [0.3, 0.4) is 0 Å². The van der Waals surface area contributed by atoms with Crippen molar-refractivity contribution in [3.8, 4) is 5.75 Å². The summed E-state index contributed by atoms with van der Waals surface area (Å²) in [5.74, 6) is -0.241. The van der Waals surface area contributed by atoms with E-state index >= 15 is 0 Å². The Balaban J connectivity index is 1.50. The fraction of sp³-hybridized carbons (Fsp3) is 0.0417. The van der Waals surface area contributed by atoms with Crippen LogP contribution >= 0.6 is 35.6 Å². The van der Waals surface area contributed by atoms with Crippen molar-refractivity contribution in [3.05, 3.63) is 105 Å². The molecule has 5 nitrogen and oxygen atoms in total. The molecule has 8 heteroatoms. The molecule has 0 aliphatic carbocycles. The van der Waals surface area contributed by atoms with Crippen LogP contribution < -0.4 is 10.2 Å². The number of ether oxygens (including phenoxy) is 1. The van der Waals surface area contributed by atoms with Crippen LogP contribution in [-0.2, 0) is 11.4 Å². The van der Waals surface area contributed by atoms with Crippen molar-refractivity contribution in [1.29, 1.82) is 0 Å². The summed E-state index contributed by atoms with van der Waals surface area (Å²) in [6.07, 6.45) is 1.71. The second kappa shape index (κ2) is 9.99. The molecule has 0 radical (unpaired) electrons. The molecule has 2 amide bonds. The number of benzene rings is 3. The first-order valence-electron chi connectivity index (χ1n) is 9.61. The lowest BCUT2D eigenvalue weighted by Gasteiger charge is -2.15. The molecule has 1 aliphatic heterocycles. The number of nitrogens with one attached hydrogen (secondary N) is 1. The van der Waals surface area contributed by atoms with Crippen LogP contribution in [-0.4, -0.2) is 21.1 Å². The highest BCUT2D eigenvalue weighted by molar-refractivity contribution is 8.26. The number of carbonyl (C=O) groups excluding carboxylic acids is 2. The maximum atomic E-state index is 12.9. The second-order valence-electron chi connectivity index (χ2n) is 6.78. The lowest BCUT2D eigenvalue weighted by atomic mass is 10.2. The Morgan fingerprint density at radius 1 is 1.06 bits per heavy atom. The van der Waals surface area contributed by atoms with Crippen LogP contribution in [0.25, 0.3) is 6.08 Å². The molecule has 0 bridgehead atoms. The lowest BCUT2D eigenvalue weighted by molar-refractivity contribution is -0.123.